The molecule has 190 valence electrons. The number of hydrogen-bond acceptors (Lipinski definition) is 12. The van der Waals surface area contributed by atoms with Gasteiger partial charge in [-0.25, -0.2) is 0 Å². The van der Waals surface area contributed by atoms with Gasteiger partial charge in [-0.2, -0.15) is 0 Å². The number of esters is 6. The predicted molar refractivity (Wildman–Crippen MR) is 120 cm³/mol. The van der Waals surface area contributed by atoms with E-state index in [2.05, 4.69) is 0 Å². The minimum atomic E-state index is -0.768. The van der Waals surface area contributed by atoms with Crippen molar-refractivity contribution in [1.82, 2.24) is 0 Å². The highest BCUT2D eigenvalue weighted by Gasteiger charge is 2.25. The van der Waals surface area contributed by atoms with Gasteiger partial charge in [-0.3, -0.25) is 28.8 Å². The fourth-order valence-corrected chi connectivity index (χ4v) is 2.92. The number of hydrogen-bond donors (Lipinski definition) is 0. The van der Waals surface area contributed by atoms with Crippen LogP contribution in [0.4, 0.5) is 0 Å². The molecule has 0 saturated carbocycles. The average molecular weight is 502 g/mol. The molecule has 0 radical (unpaired) electrons. The van der Waals surface area contributed by atoms with Gasteiger partial charge in [-0.1, -0.05) is 0 Å². The Balaban J connectivity index is 2.95. The number of ether oxygens (including phenoxy) is 6. The van der Waals surface area contributed by atoms with Crippen molar-refractivity contribution in [3.05, 3.63) is 24.3 Å². The summed E-state index contributed by atoms with van der Waals surface area (Å²) in [6.45, 7) is 6.64. The zero-order valence-electron chi connectivity index (χ0n) is 20.2. The summed E-state index contributed by atoms with van der Waals surface area (Å²) in [5, 5.41) is 0. The molecular formula is C24H22O12. The molecule has 2 aromatic carbocycles. The molecule has 0 atom stereocenters. The van der Waals surface area contributed by atoms with Gasteiger partial charge in [0.25, 0.3) is 0 Å². The molecule has 0 aliphatic rings. The Bertz CT molecular complexity index is 1160. The SMILES string of the molecule is CC(=O)Oc1cc(OC(C)=O)c(-c2cc(OC(C)=O)c(OC(C)=O)cc2OC(C)=O)cc1OC(C)=O. The third-order valence-corrected chi connectivity index (χ3v) is 3.90. The molecular weight excluding hydrogens is 480 g/mol. The molecule has 0 fully saturated rings. The summed E-state index contributed by atoms with van der Waals surface area (Å²) in [6, 6.07) is 4.59. The van der Waals surface area contributed by atoms with Crippen molar-refractivity contribution in [3.63, 3.8) is 0 Å². The Morgan fingerprint density at radius 1 is 0.361 bits per heavy atom. The summed E-state index contributed by atoms with van der Waals surface area (Å²) in [5.41, 5.74) is -0.00671. The second-order valence-corrected chi connectivity index (χ2v) is 7.15. The van der Waals surface area contributed by atoms with Crippen LogP contribution in [0.3, 0.4) is 0 Å². The van der Waals surface area contributed by atoms with Crippen LogP contribution in [0, 0.1) is 0 Å². The van der Waals surface area contributed by atoms with Gasteiger partial charge >= 0.3 is 35.8 Å². The highest BCUT2D eigenvalue weighted by Crippen LogP contribution is 2.47. The largest absolute Gasteiger partial charge is 0.426 e. The molecule has 0 aromatic heterocycles. The molecule has 0 spiro atoms. The highest BCUT2D eigenvalue weighted by molar-refractivity contribution is 5.88. The predicted octanol–water partition coefficient (Wildman–Crippen LogP) is 2.91. The topological polar surface area (TPSA) is 158 Å². The van der Waals surface area contributed by atoms with Crippen molar-refractivity contribution >= 4 is 35.8 Å². The molecule has 2 aromatic rings. The van der Waals surface area contributed by atoms with Crippen LogP contribution >= 0.6 is 0 Å². The summed E-state index contributed by atoms with van der Waals surface area (Å²) in [7, 11) is 0. The Morgan fingerprint density at radius 3 is 0.778 bits per heavy atom. The van der Waals surface area contributed by atoms with Crippen molar-refractivity contribution in [2.24, 2.45) is 0 Å². The summed E-state index contributed by atoms with van der Waals surface area (Å²) < 4.78 is 30.9. The highest BCUT2D eigenvalue weighted by atomic mass is 16.6. The minimum Gasteiger partial charge on any atom is -0.426 e. The third-order valence-electron chi connectivity index (χ3n) is 3.90. The Kier molecular flexibility index (Phi) is 8.86. The monoisotopic (exact) mass is 502 g/mol. The maximum atomic E-state index is 11.8. The minimum absolute atomic E-state index is 0.00335. The number of carbonyl (C=O) groups excluding carboxylic acids is 6. The van der Waals surface area contributed by atoms with E-state index in [9.17, 15) is 28.8 Å². The molecule has 0 bridgehead atoms. The Morgan fingerprint density at radius 2 is 0.556 bits per heavy atom. The van der Waals surface area contributed by atoms with Gasteiger partial charge in [0.05, 0.1) is 0 Å². The van der Waals surface area contributed by atoms with E-state index in [1.54, 1.807) is 0 Å². The van der Waals surface area contributed by atoms with Gasteiger partial charge in [0.1, 0.15) is 11.5 Å². The van der Waals surface area contributed by atoms with Gasteiger partial charge in [0.15, 0.2) is 23.0 Å². The van der Waals surface area contributed by atoms with Gasteiger partial charge < -0.3 is 28.4 Å². The van der Waals surface area contributed by atoms with Crippen LogP contribution in [-0.2, 0) is 28.8 Å². The Hall–Kier alpha value is -4.74. The van der Waals surface area contributed by atoms with E-state index in [1.165, 1.54) is 12.1 Å². The van der Waals surface area contributed by atoms with E-state index < -0.39 is 35.8 Å². The molecule has 12 heteroatoms. The fourth-order valence-electron chi connectivity index (χ4n) is 2.92. The standard InChI is InChI=1S/C24H22O12/c1-11(25)31-19-9-23(35-15(5)29)21(33-13(3)27)7-17(19)18-8-22(34-14(4)28)24(36-16(6)30)10-20(18)32-12(2)26/h7-10H,1-6H3. The quantitative estimate of drug-likeness (QED) is 0.403. The lowest BCUT2D eigenvalue weighted by Gasteiger charge is -2.18. The molecule has 0 heterocycles. The molecule has 36 heavy (non-hydrogen) atoms. The molecule has 0 saturated heterocycles. The van der Waals surface area contributed by atoms with Crippen LogP contribution in [-0.4, -0.2) is 35.8 Å². The van der Waals surface area contributed by atoms with Gasteiger partial charge in [-0.15, -0.1) is 0 Å². The first-order chi connectivity index (χ1) is 16.8. The van der Waals surface area contributed by atoms with Crippen LogP contribution < -0.4 is 28.4 Å². The first kappa shape index (κ1) is 27.5. The summed E-state index contributed by atoms with van der Waals surface area (Å²) >= 11 is 0. The van der Waals surface area contributed by atoms with E-state index in [-0.39, 0.29) is 45.6 Å². The van der Waals surface area contributed by atoms with Crippen molar-refractivity contribution < 1.29 is 57.2 Å². The van der Waals surface area contributed by atoms with Gasteiger partial charge in [0.2, 0.25) is 0 Å². The summed E-state index contributed by atoms with van der Waals surface area (Å²) in [5.74, 6) is -5.94. The van der Waals surface area contributed by atoms with Crippen molar-refractivity contribution in [1.29, 1.82) is 0 Å². The van der Waals surface area contributed by atoms with E-state index in [0.717, 1.165) is 53.7 Å². The van der Waals surface area contributed by atoms with Crippen LogP contribution in [0.5, 0.6) is 34.5 Å². The maximum Gasteiger partial charge on any atom is 0.308 e. The lowest BCUT2D eigenvalue weighted by molar-refractivity contribution is -0.134. The van der Waals surface area contributed by atoms with Crippen LogP contribution in [0.1, 0.15) is 41.5 Å². The molecule has 0 aliphatic carbocycles. The normalized spacial score (nSPS) is 10.1. The van der Waals surface area contributed by atoms with Crippen molar-refractivity contribution in [2.45, 2.75) is 41.5 Å². The lowest BCUT2D eigenvalue weighted by Crippen LogP contribution is -2.11. The average Bonchev–Trinajstić information content (AvgIpc) is 2.69. The van der Waals surface area contributed by atoms with E-state index in [0.29, 0.717) is 0 Å². The van der Waals surface area contributed by atoms with Crippen LogP contribution in [0.2, 0.25) is 0 Å². The molecule has 0 aliphatic heterocycles. The smallest absolute Gasteiger partial charge is 0.308 e. The molecule has 0 amide bonds. The fraction of sp³-hybridized carbons (Fsp3) is 0.250. The van der Waals surface area contributed by atoms with Crippen molar-refractivity contribution in [2.75, 3.05) is 0 Å². The second-order valence-electron chi connectivity index (χ2n) is 7.15. The molecule has 0 unspecified atom stereocenters. The van der Waals surface area contributed by atoms with Crippen molar-refractivity contribution in [3.8, 4) is 45.6 Å². The number of benzene rings is 2. The lowest BCUT2D eigenvalue weighted by atomic mass is 10.0. The zero-order valence-corrected chi connectivity index (χ0v) is 20.2. The second kappa shape index (κ2) is 11.6. The van der Waals surface area contributed by atoms with Gasteiger partial charge in [-0.05, 0) is 12.1 Å². The van der Waals surface area contributed by atoms with E-state index in [4.69, 9.17) is 28.4 Å². The maximum absolute atomic E-state index is 11.8. The Labute approximate surface area is 205 Å². The molecule has 12 nitrogen and oxygen atoms in total. The third kappa shape index (κ3) is 7.65. The first-order valence-corrected chi connectivity index (χ1v) is 10.2. The molecule has 2 rings (SSSR count). The van der Waals surface area contributed by atoms with E-state index in [1.807, 2.05) is 0 Å². The van der Waals surface area contributed by atoms with Gasteiger partial charge in [0, 0.05) is 64.8 Å². The van der Waals surface area contributed by atoms with Crippen LogP contribution in [0.15, 0.2) is 24.3 Å². The van der Waals surface area contributed by atoms with Crippen LogP contribution in [0.25, 0.3) is 11.1 Å². The first-order valence-electron chi connectivity index (χ1n) is 10.2. The summed E-state index contributed by atoms with van der Waals surface area (Å²) in [4.78, 5) is 70.1. The zero-order chi connectivity index (χ0) is 27.2. The number of carbonyl (C=O) groups is 6. The van der Waals surface area contributed by atoms with E-state index >= 15 is 0 Å². The number of rotatable bonds is 7. The summed E-state index contributed by atoms with van der Waals surface area (Å²) in [6.07, 6.45) is 0. The molecule has 0 N–H and O–H groups in total.